The smallest absolute Gasteiger partial charge is 0.111 e. The summed E-state index contributed by atoms with van der Waals surface area (Å²) in [5.74, 6) is 0. The van der Waals surface area contributed by atoms with Gasteiger partial charge in [-0.3, -0.25) is 4.68 Å². The van der Waals surface area contributed by atoms with E-state index < -0.39 is 0 Å². The maximum atomic E-state index is 4.31. The molecule has 0 atom stereocenters. The van der Waals surface area contributed by atoms with Gasteiger partial charge in [-0.1, -0.05) is 0 Å². The number of aryl methyl sites for hydroxylation is 2. The largest absolute Gasteiger partial charge is 0.273 e. The SMILES string of the molecule is Cc1ccc2nn(C)cc2n1. The molecule has 0 spiro atoms. The Kier molecular flexibility index (Phi) is 1.18. The summed E-state index contributed by atoms with van der Waals surface area (Å²) in [7, 11) is 1.90. The first-order valence-corrected chi connectivity index (χ1v) is 3.53. The lowest BCUT2D eigenvalue weighted by Crippen LogP contribution is -1.84. The van der Waals surface area contributed by atoms with E-state index >= 15 is 0 Å². The predicted octanol–water partition coefficient (Wildman–Crippen LogP) is 1.28. The van der Waals surface area contributed by atoms with Crippen molar-refractivity contribution in [2.24, 2.45) is 7.05 Å². The predicted molar refractivity (Wildman–Crippen MR) is 43.2 cm³/mol. The summed E-state index contributed by atoms with van der Waals surface area (Å²) in [6, 6.07) is 3.95. The van der Waals surface area contributed by atoms with E-state index in [9.17, 15) is 0 Å². The number of hydrogen-bond acceptors (Lipinski definition) is 2. The highest BCUT2D eigenvalue weighted by atomic mass is 15.2. The van der Waals surface area contributed by atoms with Gasteiger partial charge in [-0.2, -0.15) is 5.10 Å². The van der Waals surface area contributed by atoms with E-state index in [1.165, 1.54) is 0 Å². The molecule has 2 aromatic rings. The zero-order valence-corrected chi connectivity index (χ0v) is 6.57. The average molecular weight is 147 g/mol. The lowest BCUT2D eigenvalue weighted by atomic mass is 10.3. The average Bonchev–Trinajstić information content (AvgIpc) is 2.27. The van der Waals surface area contributed by atoms with Crippen LogP contribution in [-0.2, 0) is 7.05 Å². The van der Waals surface area contributed by atoms with Crippen molar-refractivity contribution < 1.29 is 0 Å². The summed E-state index contributed by atoms with van der Waals surface area (Å²) in [5.41, 5.74) is 2.95. The number of aromatic nitrogens is 3. The van der Waals surface area contributed by atoms with Crippen LogP contribution in [0.25, 0.3) is 11.0 Å². The second-order valence-electron chi connectivity index (χ2n) is 2.66. The Hall–Kier alpha value is -1.38. The third-order valence-corrected chi connectivity index (χ3v) is 1.62. The van der Waals surface area contributed by atoms with Gasteiger partial charge in [-0.15, -0.1) is 0 Å². The van der Waals surface area contributed by atoms with Crippen molar-refractivity contribution >= 4 is 11.0 Å². The molecule has 3 heteroatoms. The Labute approximate surface area is 64.7 Å². The molecule has 0 aliphatic heterocycles. The molecular weight excluding hydrogens is 138 g/mol. The molecule has 2 heterocycles. The van der Waals surface area contributed by atoms with Crippen molar-refractivity contribution in [3.8, 4) is 0 Å². The van der Waals surface area contributed by atoms with Crippen LogP contribution in [0.2, 0.25) is 0 Å². The Morgan fingerprint density at radius 1 is 1.27 bits per heavy atom. The molecule has 56 valence electrons. The zero-order valence-electron chi connectivity index (χ0n) is 6.57. The molecule has 0 amide bonds. The first-order valence-electron chi connectivity index (χ1n) is 3.53. The summed E-state index contributed by atoms with van der Waals surface area (Å²) >= 11 is 0. The van der Waals surface area contributed by atoms with Gasteiger partial charge in [0.15, 0.2) is 0 Å². The zero-order chi connectivity index (χ0) is 7.84. The number of rotatable bonds is 0. The van der Waals surface area contributed by atoms with Crippen LogP contribution in [0.15, 0.2) is 18.3 Å². The quantitative estimate of drug-likeness (QED) is 0.562. The van der Waals surface area contributed by atoms with Crippen molar-refractivity contribution in [1.29, 1.82) is 0 Å². The fourth-order valence-corrected chi connectivity index (χ4v) is 1.12. The highest BCUT2D eigenvalue weighted by Gasteiger charge is 1.97. The van der Waals surface area contributed by atoms with Gasteiger partial charge < -0.3 is 0 Å². The molecule has 0 saturated heterocycles. The van der Waals surface area contributed by atoms with E-state index in [-0.39, 0.29) is 0 Å². The van der Waals surface area contributed by atoms with Gasteiger partial charge in [0.05, 0.1) is 6.20 Å². The van der Waals surface area contributed by atoms with Crippen LogP contribution in [0.4, 0.5) is 0 Å². The van der Waals surface area contributed by atoms with Gasteiger partial charge in [0.1, 0.15) is 11.0 Å². The minimum Gasteiger partial charge on any atom is -0.273 e. The standard InChI is InChI=1S/C8H9N3/c1-6-3-4-7-8(9-6)5-11(2)10-7/h3-5H,1-2H3. The maximum absolute atomic E-state index is 4.31. The molecule has 0 unspecified atom stereocenters. The van der Waals surface area contributed by atoms with Crippen LogP contribution in [0.1, 0.15) is 5.69 Å². The molecule has 0 N–H and O–H groups in total. The van der Waals surface area contributed by atoms with E-state index in [0.717, 1.165) is 16.7 Å². The first-order chi connectivity index (χ1) is 5.25. The third kappa shape index (κ3) is 0.981. The fourth-order valence-electron chi connectivity index (χ4n) is 1.12. The molecule has 11 heavy (non-hydrogen) atoms. The van der Waals surface area contributed by atoms with Crippen LogP contribution in [0.3, 0.4) is 0 Å². The maximum Gasteiger partial charge on any atom is 0.111 e. The van der Waals surface area contributed by atoms with E-state index in [4.69, 9.17) is 0 Å². The summed E-state index contributed by atoms with van der Waals surface area (Å²) in [6.45, 7) is 1.98. The number of pyridine rings is 1. The summed E-state index contributed by atoms with van der Waals surface area (Å²) < 4.78 is 1.77. The summed E-state index contributed by atoms with van der Waals surface area (Å²) in [5, 5.41) is 4.21. The lowest BCUT2D eigenvalue weighted by molar-refractivity contribution is 0.779. The van der Waals surface area contributed by atoms with Crippen molar-refractivity contribution in [1.82, 2.24) is 14.8 Å². The van der Waals surface area contributed by atoms with Gasteiger partial charge in [0.2, 0.25) is 0 Å². The fraction of sp³-hybridized carbons (Fsp3) is 0.250. The lowest BCUT2D eigenvalue weighted by Gasteiger charge is -1.87. The number of nitrogens with zero attached hydrogens (tertiary/aromatic N) is 3. The molecule has 0 aliphatic rings. The highest BCUT2D eigenvalue weighted by molar-refractivity contribution is 5.73. The van der Waals surface area contributed by atoms with Gasteiger partial charge >= 0.3 is 0 Å². The monoisotopic (exact) mass is 147 g/mol. The van der Waals surface area contributed by atoms with Crippen molar-refractivity contribution in [3.63, 3.8) is 0 Å². The van der Waals surface area contributed by atoms with Gasteiger partial charge in [0, 0.05) is 12.7 Å². The minimum atomic E-state index is 0.957. The Morgan fingerprint density at radius 3 is 2.91 bits per heavy atom. The second kappa shape index (κ2) is 2.05. The molecule has 2 rings (SSSR count). The van der Waals surface area contributed by atoms with Gasteiger partial charge in [0.25, 0.3) is 0 Å². The molecule has 3 nitrogen and oxygen atoms in total. The normalized spacial score (nSPS) is 10.7. The molecule has 2 aromatic heterocycles. The van der Waals surface area contributed by atoms with E-state index in [1.54, 1.807) is 4.68 Å². The molecule has 0 saturated carbocycles. The van der Waals surface area contributed by atoms with E-state index in [0.29, 0.717) is 0 Å². The van der Waals surface area contributed by atoms with Crippen LogP contribution in [0, 0.1) is 6.92 Å². The van der Waals surface area contributed by atoms with Crippen LogP contribution < -0.4 is 0 Å². The van der Waals surface area contributed by atoms with Crippen LogP contribution >= 0.6 is 0 Å². The van der Waals surface area contributed by atoms with Crippen molar-refractivity contribution in [2.45, 2.75) is 6.92 Å². The van der Waals surface area contributed by atoms with E-state index in [1.807, 2.05) is 32.3 Å². The molecular formula is C8H9N3. The number of hydrogen-bond donors (Lipinski definition) is 0. The molecule has 0 aromatic carbocycles. The summed E-state index contributed by atoms with van der Waals surface area (Å²) in [6.07, 6.45) is 1.92. The highest BCUT2D eigenvalue weighted by Crippen LogP contribution is 2.08. The van der Waals surface area contributed by atoms with Crippen LogP contribution in [-0.4, -0.2) is 14.8 Å². The Balaban J connectivity index is 2.82. The van der Waals surface area contributed by atoms with Crippen molar-refractivity contribution in [3.05, 3.63) is 24.0 Å². The molecule has 0 radical (unpaired) electrons. The van der Waals surface area contributed by atoms with Crippen LogP contribution in [0.5, 0.6) is 0 Å². The van der Waals surface area contributed by atoms with Gasteiger partial charge in [-0.05, 0) is 19.1 Å². The third-order valence-electron chi connectivity index (χ3n) is 1.62. The number of fused-ring (bicyclic) bond motifs is 1. The first kappa shape index (κ1) is 6.34. The Morgan fingerprint density at radius 2 is 2.09 bits per heavy atom. The Bertz CT molecular complexity index is 389. The van der Waals surface area contributed by atoms with E-state index in [2.05, 4.69) is 10.1 Å². The molecule has 0 fully saturated rings. The topological polar surface area (TPSA) is 30.7 Å². The minimum absolute atomic E-state index is 0.957. The van der Waals surface area contributed by atoms with Crippen molar-refractivity contribution in [2.75, 3.05) is 0 Å². The summed E-state index contributed by atoms with van der Waals surface area (Å²) in [4.78, 5) is 4.31. The molecule has 0 aliphatic carbocycles. The molecule has 0 bridgehead atoms. The second-order valence-corrected chi connectivity index (χ2v) is 2.66. The van der Waals surface area contributed by atoms with Gasteiger partial charge in [-0.25, -0.2) is 4.98 Å².